The van der Waals surface area contributed by atoms with E-state index in [1.165, 1.54) is 0 Å². The van der Waals surface area contributed by atoms with E-state index in [9.17, 15) is 18.3 Å². The molecule has 0 spiro atoms. The third kappa shape index (κ3) is 3.36. The monoisotopic (exact) mass is 301 g/mol. The smallest absolute Gasteiger partial charge is 0.368 e. The van der Waals surface area contributed by atoms with Gasteiger partial charge in [-0.1, -0.05) is 13.8 Å². The maximum atomic E-state index is 13.1. The largest absolute Gasteiger partial charge is 0.431 e. The molecule has 4 nitrogen and oxygen atoms in total. The number of hydrogen-bond acceptors (Lipinski definition) is 3. The van der Waals surface area contributed by atoms with Crippen LogP contribution in [-0.4, -0.2) is 26.6 Å². The highest BCUT2D eigenvalue weighted by molar-refractivity contribution is 5.75. The normalized spacial score (nSPS) is 15.6. The first-order valence-electron chi connectivity index (χ1n) is 6.67. The topological polar surface area (TPSA) is 50.1 Å². The first-order valence-corrected chi connectivity index (χ1v) is 6.67. The van der Waals surface area contributed by atoms with E-state index in [-0.39, 0.29) is 12.6 Å². The summed E-state index contributed by atoms with van der Waals surface area (Å²) in [5.74, 6) is -0.299. The summed E-state index contributed by atoms with van der Waals surface area (Å²) in [6.45, 7) is 3.11. The highest BCUT2D eigenvalue weighted by Gasteiger charge is 2.53. The van der Waals surface area contributed by atoms with Gasteiger partial charge in [-0.05, 0) is 24.1 Å². The molecule has 0 bridgehead atoms. The number of fused-ring (bicyclic) bond motifs is 1. The summed E-state index contributed by atoms with van der Waals surface area (Å²) in [7, 11) is 0. The van der Waals surface area contributed by atoms with Crippen molar-refractivity contribution in [3.63, 3.8) is 0 Å². The van der Waals surface area contributed by atoms with Crippen LogP contribution >= 0.6 is 0 Å². The fraction of sp³-hybridized carbons (Fsp3) is 0.500. The lowest BCUT2D eigenvalue weighted by Gasteiger charge is -2.33. The van der Waals surface area contributed by atoms with E-state index in [1.807, 2.05) is 0 Å². The van der Waals surface area contributed by atoms with Crippen molar-refractivity contribution in [2.75, 3.05) is 0 Å². The van der Waals surface area contributed by atoms with Gasteiger partial charge < -0.3 is 9.67 Å². The molecule has 1 atom stereocenters. The van der Waals surface area contributed by atoms with Crippen molar-refractivity contribution in [3.05, 3.63) is 30.6 Å². The second kappa shape index (κ2) is 5.65. The number of rotatable bonds is 5. The second-order valence-corrected chi connectivity index (χ2v) is 5.48. The summed E-state index contributed by atoms with van der Waals surface area (Å²) >= 11 is 0. The van der Waals surface area contributed by atoms with Crippen molar-refractivity contribution in [2.24, 2.45) is 5.92 Å². The number of alkyl halides is 3. The Bertz CT molecular complexity index is 609. The Hall–Kier alpha value is -1.60. The zero-order valence-corrected chi connectivity index (χ0v) is 11.9. The van der Waals surface area contributed by atoms with Gasteiger partial charge in [-0.25, -0.2) is 0 Å². The molecule has 7 heteroatoms. The van der Waals surface area contributed by atoms with Crippen molar-refractivity contribution < 1.29 is 18.3 Å². The maximum Gasteiger partial charge on any atom is 0.431 e. The Kier molecular flexibility index (Phi) is 4.25. The predicted octanol–water partition coefficient (Wildman–Crippen LogP) is 2.88. The highest BCUT2D eigenvalue weighted by atomic mass is 19.4. The molecule has 0 aromatic carbocycles. The number of aliphatic hydroxyl groups is 1. The van der Waals surface area contributed by atoms with Crippen LogP contribution in [0, 0.1) is 5.92 Å². The van der Waals surface area contributed by atoms with E-state index < -0.39 is 18.3 Å². The first kappa shape index (κ1) is 15.8. The predicted molar refractivity (Wildman–Crippen MR) is 73.3 cm³/mol. The molecule has 0 amide bonds. The molecule has 2 rings (SSSR count). The molecule has 0 aliphatic rings. The lowest BCUT2D eigenvalue weighted by atomic mass is 10.00. The van der Waals surface area contributed by atoms with Gasteiger partial charge in [0.15, 0.2) is 0 Å². The lowest BCUT2D eigenvalue weighted by molar-refractivity contribution is -0.280. The first-order chi connectivity index (χ1) is 9.73. The average molecular weight is 301 g/mol. The van der Waals surface area contributed by atoms with Crippen LogP contribution in [0.5, 0.6) is 0 Å². The molecule has 116 valence electrons. The molecule has 1 unspecified atom stereocenters. The van der Waals surface area contributed by atoms with Crippen LogP contribution in [0.3, 0.4) is 0 Å². The maximum absolute atomic E-state index is 13.1. The minimum absolute atomic E-state index is 0.155. The van der Waals surface area contributed by atoms with Crippen molar-refractivity contribution in [1.82, 2.24) is 14.9 Å². The Labute approximate surface area is 120 Å². The van der Waals surface area contributed by atoms with Gasteiger partial charge in [0, 0.05) is 18.8 Å². The standard InChI is InChI=1S/C14H18F3N3O/c1-10(2)8-13(21,14(15,16)17)19-9-20-7-5-11-12(20)4-3-6-18-11/h3-7,10,19,21H,8-9H2,1-2H3. The Morgan fingerprint density at radius 2 is 2.05 bits per heavy atom. The molecule has 0 aliphatic heterocycles. The number of pyridine rings is 1. The zero-order chi connectivity index (χ0) is 15.7. The second-order valence-electron chi connectivity index (χ2n) is 5.48. The lowest BCUT2D eigenvalue weighted by Crippen LogP contribution is -2.57. The van der Waals surface area contributed by atoms with Crippen molar-refractivity contribution in [2.45, 2.75) is 38.8 Å². The van der Waals surface area contributed by atoms with E-state index in [1.54, 1.807) is 49.0 Å². The van der Waals surface area contributed by atoms with Crippen LogP contribution in [-0.2, 0) is 6.67 Å². The van der Waals surface area contributed by atoms with Gasteiger partial charge in [-0.15, -0.1) is 0 Å². The average Bonchev–Trinajstić information content (AvgIpc) is 2.77. The van der Waals surface area contributed by atoms with E-state index in [0.29, 0.717) is 11.0 Å². The molecule has 2 heterocycles. The number of nitrogens with zero attached hydrogens (tertiary/aromatic N) is 2. The summed E-state index contributed by atoms with van der Waals surface area (Å²) in [5.41, 5.74) is -1.50. The molecule has 0 radical (unpaired) electrons. The SMILES string of the molecule is CC(C)CC(O)(NCn1ccc2ncccc21)C(F)(F)F. The molecule has 21 heavy (non-hydrogen) atoms. The minimum atomic E-state index is -4.74. The highest BCUT2D eigenvalue weighted by Crippen LogP contribution is 2.33. The number of nitrogens with one attached hydrogen (secondary N) is 1. The molecule has 0 aliphatic carbocycles. The van der Waals surface area contributed by atoms with Crippen LogP contribution in [0.25, 0.3) is 11.0 Å². The van der Waals surface area contributed by atoms with Crippen LogP contribution in [0.2, 0.25) is 0 Å². The molecular formula is C14H18F3N3O. The molecule has 0 saturated heterocycles. The van der Waals surface area contributed by atoms with E-state index in [0.717, 1.165) is 0 Å². The Balaban J connectivity index is 2.19. The van der Waals surface area contributed by atoms with Gasteiger partial charge in [0.25, 0.3) is 0 Å². The molecule has 2 N–H and O–H groups in total. The number of halogens is 3. The summed E-state index contributed by atoms with van der Waals surface area (Å²) in [6.07, 6.45) is -1.89. The van der Waals surface area contributed by atoms with E-state index in [4.69, 9.17) is 0 Å². The summed E-state index contributed by atoms with van der Waals surface area (Å²) in [6, 6.07) is 5.19. The minimum Gasteiger partial charge on any atom is -0.368 e. The summed E-state index contributed by atoms with van der Waals surface area (Å²) in [5, 5.41) is 12.2. The molecule has 2 aromatic heterocycles. The van der Waals surface area contributed by atoms with Crippen LogP contribution in [0.15, 0.2) is 30.6 Å². The Morgan fingerprint density at radius 1 is 1.33 bits per heavy atom. The van der Waals surface area contributed by atoms with Crippen LogP contribution < -0.4 is 5.32 Å². The zero-order valence-electron chi connectivity index (χ0n) is 11.9. The molecular weight excluding hydrogens is 283 g/mol. The van der Waals surface area contributed by atoms with Gasteiger partial charge in [0.1, 0.15) is 0 Å². The fourth-order valence-corrected chi connectivity index (χ4v) is 2.25. The van der Waals surface area contributed by atoms with Crippen molar-refractivity contribution in [1.29, 1.82) is 0 Å². The fourth-order valence-electron chi connectivity index (χ4n) is 2.25. The van der Waals surface area contributed by atoms with Gasteiger partial charge in [-0.2, -0.15) is 13.2 Å². The van der Waals surface area contributed by atoms with Crippen molar-refractivity contribution in [3.8, 4) is 0 Å². The van der Waals surface area contributed by atoms with Gasteiger partial charge in [-0.3, -0.25) is 10.3 Å². The van der Waals surface area contributed by atoms with Gasteiger partial charge >= 0.3 is 6.18 Å². The molecule has 2 aromatic rings. The third-order valence-corrected chi connectivity index (χ3v) is 3.25. The third-order valence-electron chi connectivity index (χ3n) is 3.25. The quantitative estimate of drug-likeness (QED) is 0.835. The number of aromatic nitrogens is 2. The van der Waals surface area contributed by atoms with Crippen LogP contribution in [0.4, 0.5) is 13.2 Å². The van der Waals surface area contributed by atoms with Crippen LogP contribution in [0.1, 0.15) is 20.3 Å². The van der Waals surface area contributed by atoms with Crippen molar-refractivity contribution >= 4 is 11.0 Å². The Morgan fingerprint density at radius 3 is 2.67 bits per heavy atom. The van der Waals surface area contributed by atoms with E-state index >= 15 is 0 Å². The van der Waals surface area contributed by atoms with Gasteiger partial charge in [0.05, 0.1) is 17.7 Å². The molecule has 0 saturated carbocycles. The van der Waals surface area contributed by atoms with Gasteiger partial charge in [0.2, 0.25) is 5.72 Å². The van der Waals surface area contributed by atoms with E-state index in [2.05, 4.69) is 10.3 Å². The molecule has 0 fully saturated rings. The summed E-state index contributed by atoms with van der Waals surface area (Å²) < 4.78 is 40.8. The number of hydrogen-bond donors (Lipinski definition) is 2. The summed E-state index contributed by atoms with van der Waals surface area (Å²) in [4.78, 5) is 4.11.